The van der Waals surface area contributed by atoms with Gasteiger partial charge in [0.1, 0.15) is 0 Å². The predicted octanol–water partition coefficient (Wildman–Crippen LogP) is 3.90. The number of nitrogens with zero attached hydrogens (tertiary/aromatic N) is 1. The number of halogens is 1. The predicted molar refractivity (Wildman–Crippen MR) is 96.9 cm³/mol. The van der Waals surface area contributed by atoms with E-state index < -0.39 is 0 Å². The fraction of sp³-hybridized carbons (Fsp3) is 0.176. The molecule has 0 aliphatic rings. The second-order valence-electron chi connectivity index (χ2n) is 5.06. The van der Waals surface area contributed by atoms with Gasteiger partial charge in [-0.2, -0.15) is 0 Å². The lowest BCUT2D eigenvalue weighted by atomic mass is 10.1. The highest BCUT2D eigenvalue weighted by Gasteiger charge is 2.12. The summed E-state index contributed by atoms with van der Waals surface area (Å²) in [5.74, 6) is -0.203. The van der Waals surface area contributed by atoms with Crippen molar-refractivity contribution in [1.82, 2.24) is 10.2 Å². The van der Waals surface area contributed by atoms with Gasteiger partial charge in [0, 0.05) is 23.6 Å². The largest absolute Gasteiger partial charge is 0.348 e. The Bertz CT molecular complexity index is 688. The van der Waals surface area contributed by atoms with Crippen LogP contribution in [0.1, 0.15) is 21.5 Å². The van der Waals surface area contributed by atoms with E-state index in [1.54, 1.807) is 12.1 Å². The molecule has 3 nitrogen and oxygen atoms in total. The second-order valence-corrected chi connectivity index (χ2v) is 6.31. The van der Waals surface area contributed by atoms with Crippen LogP contribution in [0.15, 0.2) is 53.0 Å². The summed E-state index contributed by atoms with van der Waals surface area (Å²) in [6.45, 7) is 2.63. The minimum absolute atomic E-state index is 0.203. The third-order valence-corrected chi connectivity index (χ3v) is 4.53. The summed E-state index contributed by atoms with van der Waals surface area (Å²) in [6, 6.07) is 15.5. The van der Waals surface area contributed by atoms with Crippen molar-refractivity contribution in [3.63, 3.8) is 0 Å². The molecule has 0 aromatic heterocycles. The van der Waals surface area contributed by atoms with E-state index in [4.69, 9.17) is 12.2 Å². The molecule has 0 saturated heterocycles. The van der Waals surface area contributed by atoms with E-state index in [2.05, 4.69) is 21.2 Å². The van der Waals surface area contributed by atoms with Gasteiger partial charge >= 0.3 is 0 Å². The standard InChI is InChI=1S/C17H17BrN2OS/c1-12-8-9-14(10-15(12)18)16(21)19-17(22)20(2)11-13-6-4-3-5-7-13/h3-10H,11H2,1-2H3,(H,19,21,22). The van der Waals surface area contributed by atoms with Crippen LogP contribution in [0.5, 0.6) is 0 Å². The highest BCUT2D eigenvalue weighted by atomic mass is 79.9. The molecule has 0 heterocycles. The highest BCUT2D eigenvalue weighted by Crippen LogP contribution is 2.17. The summed E-state index contributed by atoms with van der Waals surface area (Å²) in [6.07, 6.45) is 0. The maximum atomic E-state index is 12.2. The Labute approximate surface area is 144 Å². The van der Waals surface area contributed by atoms with Crippen molar-refractivity contribution in [2.75, 3.05) is 7.05 Å². The van der Waals surface area contributed by atoms with Crippen LogP contribution in [0, 0.1) is 6.92 Å². The Morgan fingerprint density at radius 2 is 1.91 bits per heavy atom. The van der Waals surface area contributed by atoms with E-state index in [9.17, 15) is 4.79 Å². The number of nitrogens with one attached hydrogen (secondary N) is 1. The summed E-state index contributed by atoms with van der Waals surface area (Å²) in [5.41, 5.74) is 2.80. The van der Waals surface area contributed by atoms with Crippen molar-refractivity contribution in [3.8, 4) is 0 Å². The maximum Gasteiger partial charge on any atom is 0.257 e. The molecule has 1 amide bonds. The number of aryl methyl sites for hydroxylation is 1. The molecular formula is C17H17BrN2OS. The number of hydrogen-bond donors (Lipinski definition) is 1. The van der Waals surface area contributed by atoms with Gasteiger partial charge in [0.15, 0.2) is 5.11 Å². The zero-order valence-electron chi connectivity index (χ0n) is 12.5. The number of thiocarbonyl (C=S) groups is 1. The molecule has 0 saturated carbocycles. The Balaban J connectivity index is 1.98. The molecule has 1 N–H and O–H groups in total. The van der Waals surface area contributed by atoms with Crippen molar-refractivity contribution in [1.29, 1.82) is 0 Å². The minimum Gasteiger partial charge on any atom is -0.348 e. The molecule has 0 atom stereocenters. The average molecular weight is 377 g/mol. The topological polar surface area (TPSA) is 32.3 Å². The van der Waals surface area contributed by atoms with Gasteiger partial charge in [-0.3, -0.25) is 10.1 Å². The number of hydrogen-bond acceptors (Lipinski definition) is 2. The molecule has 2 rings (SSSR count). The molecule has 22 heavy (non-hydrogen) atoms. The molecule has 0 bridgehead atoms. The van der Waals surface area contributed by atoms with Gasteiger partial charge in [0.25, 0.3) is 5.91 Å². The smallest absolute Gasteiger partial charge is 0.257 e. The number of benzene rings is 2. The van der Waals surface area contributed by atoms with Crippen LogP contribution in [0.4, 0.5) is 0 Å². The lowest BCUT2D eigenvalue weighted by Crippen LogP contribution is -2.40. The maximum absolute atomic E-state index is 12.2. The van der Waals surface area contributed by atoms with Crippen LogP contribution in [0.25, 0.3) is 0 Å². The van der Waals surface area contributed by atoms with Gasteiger partial charge in [-0.1, -0.05) is 52.3 Å². The van der Waals surface area contributed by atoms with Gasteiger partial charge in [0.2, 0.25) is 0 Å². The third kappa shape index (κ3) is 4.39. The summed E-state index contributed by atoms with van der Waals surface area (Å²) >= 11 is 8.72. The summed E-state index contributed by atoms with van der Waals surface area (Å²) in [5, 5.41) is 3.17. The van der Waals surface area contributed by atoms with E-state index in [1.807, 2.05) is 55.3 Å². The third-order valence-electron chi connectivity index (χ3n) is 3.26. The lowest BCUT2D eigenvalue weighted by molar-refractivity contribution is 0.0973. The van der Waals surface area contributed by atoms with Gasteiger partial charge in [-0.05, 0) is 42.4 Å². The van der Waals surface area contributed by atoms with Crippen molar-refractivity contribution in [2.45, 2.75) is 13.5 Å². The fourth-order valence-electron chi connectivity index (χ4n) is 1.93. The molecule has 0 unspecified atom stereocenters. The number of carbonyl (C=O) groups excluding carboxylic acids is 1. The summed E-state index contributed by atoms with van der Waals surface area (Å²) < 4.78 is 0.906. The average Bonchev–Trinajstić information content (AvgIpc) is 2.50. The Morgan fingerprint density at radius 3 is 2.55 bits per heavy atom. The minimum atomic E-state index is -0.203. The van der Waals surface area contributed by atoms with E-state index >= 15 is 0 Å². The highest BCUT2D eigenvalue weighted by molar-refractivity contribution is 9.10. The van der Waals surface area contributed by atoms with Crippen LogP contribution in [-0.2, 0) is 6.54 Å². The van der Waals surface area contributed by atoms with Crippen LogP contribution >= 0.6 is 28.1 Å². The first-order valence-electron chi connectivity index (χ1n) is 6.84. The van der Waals surface area contributed by atoms with Crippen LogP contribution in [0.2, 0.25) is 0 Å². The van der Waals surface area contributed by atoms with Crippen molar-refractivity contribution >= 4 is 39.2 Å². The molecule has 0 radical (unpaired) electrons. The second kappa shape index (κ2) is 7.51. The van der Waals surface area contributed by atoms with Gasteiger partial charge in [0.05, 0.1) is 0 Å². The number of rotatable bonds is 3. The Hall–Kier alpha value is -1.72. The van der Waals surface area contributed by atoms with E-state index in [0.717, 1.165) is 15.6 Å². The monoisotopic (exact) mass is 376 g/mol. The SMILES string of the molecule is Cc1ccc(C(=O)NC(=S)N(C)Cc2ccccc2)cc1Br. The zero-order valence-corrected chi connectivity index (χ0v) is 14.9. The van der Waals surface area contributed by atoms with E-state index in [-0.39, 0.29) is 5.91 Å². The molecule has 0 spiro atoms. The Kier molecular flexibility index (Phi) is 5.69. The molecule has 2 aromatic carbocycles. The molecule has 0 aliphatic heterocycles. The van der Waals surface area contributed by atoms with Crippen molar-refractivity contribution < 1.29 is 4.79 Å². The molecule has 0 aliphatic carbocycles. The quantitative estimate of drug-likeness (QED) is 0.824. The number of carbonyl (C=O) groups is 1. The number of amides is 1. The molecular weight excluding hydrogens is 360 g/mol. The molecule has 114 valence electrons. The van der Waals surface area contributed by atoms with Crippen LogP contribution in [0.3, 0.4) is 0 Å². The van der Waals surface area contributed by atoms with E-state index in [1.165, 1.54) is 0 Å². The Morgan fingerprint density at radius 1 is 1.23 bits per heavy atom. The van der Waals surface area contributed by atoms with Gasteiger partial charge in [-0.25, -0.2) is 0 Å². The summed E-state index contributed by atoms with van der Waals surface area (Å²) in [7, 11) is 1.86. The first-order valence-corrected chi connectivity index (χ1v) is 8.04. The van der Waals surface area contributed by atoms with Gasteiger partial charge in [-0.15, -0.1) is 0 Å². The lowest BCUT2D eigenvalue weighted by Gasteiger charge is -2.20. The normalized spacial score (nSPS) is 10.1. The van der Waals surface area contributed by atoms with Crippen molar-refractivity contribution in [3.05, 3.63) is 69.7 Å². The van der Waals surface area contributed by atoms with E-state index in [0.29, 0.717) is 17.2 Å². The van der Waals surface area contributed by atoms with Crippen LogP contribution < -0.4 is 5.32 Å². The van der Waals surface area contributed by atoms with Crippen LogP contribution in [-0.4, -0.2) is 23.0 Å². The zero-order chi connectivity index (χ0) is 16.1. The molecule has 2 aromatic rings. The summed E-state index contributed by atoms with van der Waals surface area (Å²) in [4.78, 5) is 14.1. The van der Waals surface area contributed by atoms with Gasteiger partial charge < -0.3 is 4.90 Å². The fourth-order valence-corrected chi connectivity index (χ4v) is 2.46. The molecule has 5 heteroatoms. The first kappa shape index (κ1) is 16.6. The molecule has 0 fully saturated rings. The van der Waals surface area contributed by atoms with Crippen molar-refractivity contribution in [2.24, 2.45) is 0 Å². The first-order chi connectivity index (χ1) is 10.5.